The topological polar surface area (TPSA) is 59.2 Å². The zero-order valence-electron chi connectivity index (χ0n) is 10.3. The minimum absolute atomic E-state index is 0.128. The number of anilines is 1. The van der Waals surface area contributed by atoms with Gasteiger partial charge in [-0.05, 0) is 12.1 Å². The van der Waals surface area contributed by atoms with Gasteiger partial charge in [0, 0.05) is 36.0 Å². The Morgan fingerprint density at radius 1 is 1.47 bits per heavy atom. The number of nitrogens with zero attached hydrogens (tertiary/aromatic N) is 3. The van der Waals surface area contributed by atoms with Crippen LogP contribution in [0.1, 0.15) is 12.3 Å². The highest BCUT2D eigenvalue weighted by Gasteiger charge is 2.28. The summed E-state index contributed by atoms with van der Waals surface area (Å²) in [6.07, 6.45) is 0.533. The van der Waals surface area contributed by atoms with Crippen molar-refractivity contribution in [2.24, 2.45) is 0 Å². The number of benzene rings is 1. The lowest BCUT2D eigenvalue weighted by Crippen LogP contribution is -2.24. The van der Waals surface area contributed by atoms with Gasteiger partial charge in [-0.2, -0.15) is 4.98 Å². The van der Waals surface area contributed by atoms with Gasteiger partial charge < -0.3 is 9.42 Å². The molecule has 98 valence electrons. The van der Waals surface area contributed by atoms with Gasteiger partial charge in [0.05, 0.1) is 0 Å². The molecule has 1 atom stereocenters. The normalized spacial score (nSPS) is 19.2. The molecule has 0 spiro atoms. The molecule has 1 amide bonds. The molecular weight excluding hydrogens is 310 g/mol. The molecule has 1 saturated heterocycles. The van der Waals surface area contributed by atoms with Gasteiger partial charge in [0.15, 0.2) is 0 Å². The number of carbonyl (C=O) groups is 1. The molecule has 2 heterocycles. The van der Waals surface area contributed by atoms with Crippen LogP contribution in [0.25, 0.3) is 11.4 Å². The third-order valence-electron chi connectivity index (χ3n) is 3.02. The largest absolute Gasteiger partial charge is 0.339 e. The van der Waals surface area contributed by atoms with Gasteiger partial charge in [-0.1, -0.05) is 33.2 Å². The molecule has 0 N–H and O–H groups in total. The maximum Gasteiger partial charge on any atom is 0.228 e. The summed E-state index contributed by atoms with van der Waals surface area (Å²) in [5.74, 6) is 1.20. The van der Waals surface area contributed by atoms with Crippen molar-refractivity contribution in [1.29, 1.82) is 0 Å². The van der Waals surface area contributed by atoms with E-state index in [1.54, 1.807) is 11.8 Å². The molecule has 1 fully saturated rings. The van der Waals surface area contributed by atoms with Crippen molar-refractivity contribution >= 4 is 27.5 Å². The van der Waals surface area contributed by atoms with Gasteiger partial charge in [-0.15, -0.1) is 0 Å². The smallest absolute Gasteiger partial charge is 0.228 e. The van der Waals surface area contributed by atoms with Gasteiger partial charge in [0.2, 0.25) is 17.6 Å². The van der Waals surface area contributed by atoms with Crippen LogP contribution < -0.4 is 4.90 Å². The van der Waals surface area contributed by atoms with E-state index in [4.69, 9.17) is 4.52 Å². The van der Waals surface area contributed by atoms with Gasteiger partial charge in [0.25, 0.3) is 0 Å². The lowest BCUT2D eigenvalue weighted by Gasteiger charge is -2.16. The summed E-state index contributed by atoms with van der Waals surface area (Å²) in [4.78, 5) is 18.1. The first-order chi connectivity index (χ1) is 9.13. The molecule has 3 rings (SSSR count). The minimum Gasteiger partial charge on any atom is -0.339 e. The number of alkyl halides is 1. The van der Waals surface area contributed by atoms with Crippen LogP contribution in [0.5, 0.6) is 0 Å². The predicted molar refractivity (Wildman–Crippen MR) is 74.2 cm³/mol. The third-order valence-corrected chi connectivity index (χ3v) is 3.63. The molecule has 2 aromatic rings. The Bertz CT molecular complexity index is 626. The van der Waals surface area contributed by atoms with Crippen LogP contribution in [-0.4, -0.2) is 27.4 Å². The van der Waals surface area contributed by atoms with Crippen molar-refractivity contribution in [3.8, 4) is 11.4 Å². The first kappa shape index (κ1) is 12.3. The SMILES string of the molecule is Cc1nc(-c2cccc(N3CC(Br)CC3=O)c2)no1. The molecular formula is C13H12BrN3O2. The Kier molecular flexibility index (Phi) is 3.10. The average Bonchev–Trinajstić information content (AvgIpc) is 2.96. The van der Waals surface area contributed by atoms with Crippen molar-refractivity contribution in [2.75, 3.05) is 11.4 Å². The number of amides is 1. The second-order valence-corrected chi connectivity index (χ2v) is 5.79. The van der Waals surface area contributed by atoms with Crippen molar-refractivity contribution < 1.29 is 9.32 Å². The quantitative estimate of drug-likeness (QED) is 0.797. The van der Waals surface area contributed by atoms with E-state index in [2.05, 4.69) is 26.1 Å². The molecule has 0 bridgehead atoms. The van der Waals surface area contributed by atoms with Gasteiger partial charge in [-0.3, -0.25) is 4.79 Å². The number of hydrogen-bond donors (Lipinski definition) is 0. The van der Waals surface area contributed by atoms with E-state index in [-0.39, 0.29) is 10.7 Å². The number of carbonyl (C=O) groups excluding carboxylic acids is 1. The molecule has 0 saturated carbocycles. The van der Waals surface area contributed by atoms with Crippen molar-refractivity contribution in [3.63, 3.8) is 0 Å². The molecule has 1 aliphatic rings. The molecule has 19 heavy (non-hydrogen) atoms. The van der Waals surface area contributed by atoms with E-state index in [1.165, 1.54) is 0 Å². The number of rotatable bonds is 2. The van der Waals surface area contributed by atoms with E-state index in [0.29, 0.717) is 24.7 Å². The monoisotopic (exact) mass is 321 g/mol. The summed E-state index contributed by atoms with van der Waals surface area (Å²) in [5.41, 5.74) is 1.71. The molecule has 0 aliphatic carbocycles. The summed E-state index contributed by atoms with van der Waals surface area (Å²) in [5, 5.41) is 3.89. The third kappa shape index (κ3) is 2.40. The lowest BCUT2D eigenvalue weighted by atomic mass is 10.2. The van der Waals surface area contributed by atoms with Crippen molar-refractivity contribution in [3.05, 3.63) is 30.2 Å². The van der Waals surface area contributed by atoms with Crippen molar-refractivity contribution in [1.82, 2.24) is 10.1 Å². The molecule has 1 aliphatic heterocycles. The highest BCUT2D eigenvalue weighted by molar-refractivity contribution is 9.09. The van der Waals surface area contributed by atoms with Crippen LogP contribution in [0.2, 0.25) is 0 Å². The molecule has 1 aromatic carbocycles. The van der Waals surface area contributed by atoms with Crippen LogP contribution in [0, 0.1) is 6.92 Å². The molecule has 5 nitrogen and oxygen atoms in total. The fourth-order valence-electron chi connectivity index (χ4n) is 2.14. The Labute approximate surface area is 118 Å². The van der Waals surface area contributed by atoms with Gasteiger partial charge in [-0.25, -0.2) is 0 Å². The highest BCUT2D eigenvalue weighted by atomic mass is 79.9. The number of hydrogen-bond acceptors (Lipinski definition) is 4. The second kappa shape index (κ2) is 4.77. The molecule has 1 aromatic heterocycles. The first-order valence-corrected chi connectivity index (χ1v) is 6.90. The number of halogens is 1. The van der Waals surface area contributed by atoms with Gasteiger partial charge >= 0.3 is 0 Å². The van der Waals surface area contributed by atoms with Crippen LogP contribution in [0.4, 0.5) is 5.69 Å². The zero-order chi connectivity index (χ0) is 13.4. The average molecular weight is 322 g/mol. The van der Waals surface area contributed by atoms with Crippen LogP contribution in [0.3, 0.4) is 0 Å². The summed E-state index contributed by atoms with van der Waals surface area (Å²) >= 11 is 3.48. The Hall–Kier alpha value is -1.69. The molecule has 1 unspecified atom stereocenters. The first-order valence-electron chi connectivity index (χ1n) is 5.98. The summed E-state index contributed by atoms with van der Waals surface area (Å²) < 4.78 is 4.97. The summed E-state index contributed by atoms with van der Waals surface area (Å²) in [7, 11) is 0. The maximum absolute atomic E-state index is 11.9. The Balaban J connectivity index is 1.94. The van der Waals surface area contributed by atoms with E-state index in [0.717, 1.165) is 11.3 Å². The summed E-state index contributed by atoms with van der Waals surface area (Å²) in [6, 6.07) is 7.62. The Morgan fingerprint density at radius 2 is 2.32 bits per heavy atom. The minimum atomic E-state index is 0.128. The fraction of sp³-hybridized carbons (Fsp3) is 0.308. The highest BCUT2D eigenvalue weighted by Crippen LogP contribution is 2.28. The lowest BCUT2D eigenvalue weighted by molar-refractivity contribution is -0.117. The van der Waals surface area contributed by atoms with E-state index in [1.807, 2.05) is 24.3 Å². The predicted octanol–water partition coefficient (Wildman–Crippen LogP) is 2.55. The van der Waals surface area contributed by atoms with Crippen LogP contribution >= 0.6 is 15.9 Å². The maximum atomic E-state index is 11.9. The molecule has 0 radical (unpaired) electrons. The van der Waals surface area contributed by atoms with E-state index >= 15 is 0 Å². The fourth-order valence-corrected chi connectivity index (χ4v) is 2.71. The van der Waals surface area contributed by atoms with Crippen molar-refractivity contribution in [2.45, 2.75) is 18.2 Å². The van der Waals surface area contributed by atoms with Gasteiger partial charge in [0.1, 0.15) is 0 Å². The summed E-state index contributed by atoms with van der Waals surface area (Å²) in [6.45, 7) is 2.44. The van der Waals surface area contributed by atoms with E-state index < -0.39 is 0 Å². The van der Waals surface area contributed by atoms with Crippen LogP contribution in [0.15, 0.2) is 28.8 Å². The number of aromatic nitrogens is 2. The van der Waals surface area contributed by atoms with E-state index in [9.17, 15) is 4.79 Å². The zero-order valence-corrected chi connectivity index (χ0v) is 11.9. The number of aryl methyl sites for hydroxylation is 1. The standard InChI is InChI=1S/C13H12BrN3O2/c1-8-15-13(16-19-8)9-3-2-4-11(5-9)17-7-10(14)6-12(17)18/h2-5,10H,6-7H2,1H3. The van der Waals surface area contributed by atoms with Crippen LogP contribution in [-0.2, 0) is 4.79 Å². The second-order valence-electron chi connectivity index (χ2n) is 4.49. The Morgan fingerprint density at radius 3 is 2.95 bits per heavy atom. The molecule has 6 heteroatoms.